The maximum Gasteiger partial charge on any atom is 0.416 e. The molecule has 1 saturated heterocycles. The molecule has 0 spiro atoms. The number of hydrogen-bond donors (Lipinski definition) is 1. The lowest BCUT2D eigenvalue weighted by molar-refractivity contribution is -0.143. The van der Waals surface area contributed by atoms with Crippen LogP contribution >= 0.6 is 0 Å². The molecule has 1 aliphatic rings. The molecule has 0 aromatic heterocycles. The Bertz CT molecular complexity index is 738. The van der Waals surface area contributed by atoms with E-state index in [1.54, 1.807) is 4.90 Å². The van der Waals surface area contributed by atoms with Crippen LogP contribution in [0.3, 0.4) is 0 Å². The summed E-state index contributed by atoms with van der Waals surface area (Å²) in [6, 6.07) is 1.15. The Balaban J connectivity index is 2.08. The minimum atomic E-state index is -4.88. The summed E-state index contributed by atoms with van der Waals surface area (Å²) < 4.78 is 83.5. The molecule has 1 amide bonds. The van der Waals surface area contributed by atoms with Crippen LogP contribution in [0.1, 0.15) is 57.2 Å². The van der Waals surface area contributed by atoms with Gasteiger partial charge in [-0.25, -0.2) is 4.79 Å². The van der Waals surface area contributed by atoms with Crippen molar-refractivity contribution in [2.24, 2.45) is 5.41 Å². The number of ether oxygens (including phenoxy) is 1. The SMILES string of the molecule is CC[C@@H]1C[C@H](NCc2cc(C(F)(F)F)cc(C(F)(F)F)c2)CN1C(=O)OCC(C)(C)C. The molecule has 0 radical (unpaired) electrons. The predicted octanol–water partition coefficient (Wildman–Crippen LogP) is 5.85. The largest absolute Gasteiger partial charge is 0.449 e. The molecule has 0 saturated carbocycles. The van der Waals surface area contributed by atoms with Crippen molar-refractivity contribution in [2.45, 2.75) is 71.5 Å². The Morgan fingerprint density at radius 3 is 2.06 bits per heavy atom. The Kier molecular flexibility index (Phi) is 7.55. The summed E-state index contributed by atoms with van der Waals surface area (Å²) in [7, 11) is 0. The van der Waals surface area contributed by atoms with Gasteiger partial charge in [0, 0.05) is 25.2 Å². The smallest absolute Gasteiger partial charge is 0.416 e. The average Bonchev–Trinajstić information content (AvgIpc) is 3.05. The van der Waals surface area contributed by atoms with E-state index in [0.717, 1.165) is 0 Å². The van der Waals surface area contributed by atoms with Crippen molar-refractivity contribution in [3.63, 3.8) is 0 Å². The Hall–Kier alpha value is -1.97. The summed E-state index contributed by atoms with van der Waals surface area (Å²) in [4.78, 5) is 14.0. The molecule has 1 N–H and O–H groups in total. The molecule has 0 bridgehead atoms. The molecule has 0 unspecified atom stereocenters. The van der Waals surface area contributed by atoms with Crippen molar-refractivity contribution in [3.05, 3.63) is 34.9 Å². The lowest BCUT2D eigenvalue weighted by Crippen LogP contribution is -2.38. The number of carbonyl (C=O) groups is 1. The number of likely N-dealkylation sites (tertiary alicyclic amines) is 1. The molecule has 1 aromatic rings. The molecule has 1 aromatic carbocycles. The van der Waals surface area contributed by atoms with Crippen LogP contribution in [0.15, 0.2) is 18.2 Å². The van der Waals surface area contributed by atoms with E-state index in [1.807, 2.05) is 27.7 Å². The lowest BCUT2D eigenvalue weighted by Gasteiger charge is -2.25. The maximum absolute atomic E-state index is 13.0. The zero-order valence-corrected chi connectivity index (χ0v) is 18.0. The van der Waals surface area contributed by atoms with Gasteiger partial charge in [0.2, 0.25) is 0 Å². The summed E-state index contributed by atoms with van der Waals surface area (Å²) in [6.07, 6.45) is -9.05. The molecule has 1 heterocycles. The fraction of sp³-hybridized carbons (Fsp3) is 0.667. The summed E-state index contributed by atoms with van der Waals surface area (Å²) >= 11 is 0. The van der Waals surface area contributed by atoms with Crippen molar-refractivity contribution in [3.8, 4) is 0 Å². The number of nitrogens with zero attached hydrogens (tertiary/aromatic N) is 1. The zero-order chi connectivity index (χ0) is 23.6. The fourth-order valence-corrected chi connectivity index (χ4v) is 3.42. The molecule has 2 rings (SSSR count). The van der Waals surface area contributed by atoms with E-state index in [9.17, 15) is 31.1 Å². The van der Waals surface area contributed by atoms with Crippen LogP contribution < -0.4 is 5.32 Å². The van der Waals surface area contributed by atoms with Crippen molar-refractivity contribution >= 4 is 6.09 Å². The van der Waals surface area contributed by atoms with Gasteiger partial charge >= 0.3 is 18.4 Å². The summed E-state index contributed by atoms with van der Waals surface area (Å²) in [5.74, 6) is 0. The number of carbonyl (C=O) groups excluding carboxylic acids is 1. The van der Waals surface area contributed by atoms with Crippen molar-refractivity contribution in [1.29, 1.82) is 0 Å². The van der Waals surface area contributed by atoms with Crippen LogP contribution in [-0.4, -0.2) is 36.2 Å². The highest BCUT2D eigenvalue weighted by molar-refractivity contribution is 5.68. The predicted molar refractivity (Wildman–Crippen MR) is 103 cm³/mol. The highest BCUT2D eigenvalue weighted by Gasteiger charge is 2.38. The minimum absolute atomic E-state index is 0.110. The second-order valence-electron chi connectivity index (χ2n) is 9.06. The number of alkyl halides is 6. The first-order valence-corrected chi connectivity index (χ1v) is 10.1. The summed E-state index contributed by atoms with van der Waals surface area (Å²) in [5, 5.41) is 2.99. The van der Waals surface area contributed by atoms with E-state index in [-0.39, 0.29) is 48.8 Å². The molecule has 1 aliphatic heterocycles. The fourth-order valence-electron chi connectivity index (χ4n) is 3.42. The van der Waals surface area contributed by atoms with E-state index in [4.69, 9.17) is 4.74 Å². The zero-order valence-electron chi connectivity index (χ0n) is 18.0. The Labute approximate surface area is 177 Å². The topological polar surface area (TPSA) is 41.6 Å². The third-order valence-electron chi connectivity index (χ3n) is 4.99. The van der Waals surface area contributed by atoms with E-state index in [1.165, 1.54) is 0 Å². The second kappa shape index (κ2) is 9.26. The van der Waals surface area contributed by atoms with Gasteiger partial charge in [-0.15, -0.1) is 0 Å². The van der Waals surface area contributed by atoms with Gasteiger partial charge in [-0.05, 0) is 42.0 Å². The molecule has 176 valence electrons. The monoisotopic (exact) mass is 454 g/mol. The first kappa shape index (κ1) is 25.3. The molecule has 0 aliphatic carbocycles. The quantitative estimate of drug-likeness (QED) is 0.568. The first-order valence-electron chi connectivity index (χ1n) is 10.1. The van der Waals surface area contributed by atoms with Gasteiger partial charge in [-0.2, -0.15) is 26.3 Å². The summed E-state index contributed by atoms with van der Waals surface area (Å²) in [6.45, 7) is 8.01. The number of nitrogens with one attached hydrogen (secondary N) is 1. The van der Waals surface area contributed by atoms with Gasteiger partial charge in [-0.3, -0.25) is 0 Å². The van der Waals surface area contributed by atoms with Crippen molar-refractivity contribution in [1.82, 2.24) is 10.2 Å². The number of hydrogen-bond acceptors (Lipinski definition) is 3. The number of rotatable bonds is 5. The molecule has 1 fully saturated rings. The van der Waals surface area contributed by atoms with Gasteiger partial charge in [0.25, 0.3) is 0 Å². The van der Waals surface area contributed by atoms with Gasteiger partial charge < -0.3 is 15.0 Å². The molecular formula is C21H28F6N2O2. The third kappa shape index (κ3) is 7.29. The van der Waals surface area contributed by atoms with Gasteiger partial charge in [0.15, 0.2) is 0 Å². The minimum Gasteiger partial charge on any atom is -0.449 e. The Morgan fingerprint density at radius 1 is 1.06 bits per heavy atom. The number of halogens is 6. The van der Waals surface area contributed by atoms with Crippen LogP contribution in [0.4, 0.5) is 31.1 Å². The first-order chi connectivity index (χ1) is 14.1. The van der Waals surface area contributed by atoms with E-state index < -0.39 is 29.6 Å². The van der Waals surface area contributed by atoms with Crippen LogP contribution in [0.5, 0.6) is 0 Å². The maximum atomic E-state index is 13.0. The van der Waals surface area contributed by atoms with Crippen LogP contribution in [0.25, 0.3) is 0 Å². The normalized spacial score (nSPS) is 20.3. The lowest BCUT2D eigenvalue weighted by atomic mass is 9.99. The van der Waals surface area contributed by atoms with Crippen LogP contribution in [0, 0.1) is 5.41 Å². The van der Waals surface area contributed by atoms with Crippen LogP contribution in [-0.2, 0) is 23.6 Å². The van der Waals surface area contributed by atoms with Crippen LogP contribution in [0.2, 0.25) is 0 Å². The Morgan fingerprint density at radius 2 is 1.61 bits per heavy atom. The molecule has 10 heteroatoms. The second-order valence-corrected chi connectivity index (χ2v) is 9.06. The average molecular weight is 454 g/mol. The highest BCUT2D eigenvalue weighted by atomic mass is 19.4. The highest BCUT2D eigenvalue weighted by Crippen LogP contribution is 2.36. The third-order valence-corrected chi connectivity index (χ3v) is 4.99. The van der Waals surface area contributed by atoms with Gasteiger partial charge in [-0.1, -0.05) is 27.7 Å². The number of amides is 1. The molecule has 31 heavy (non-hydrogen) atoms. The van der Waals surface area contributed by atoms with Crippen molar-refractivity contribution in [2.75, 3.05) is 13.2 Å². The van der Waals surface area contributed by atoms with Gasteiger partial charge in [0.05, 0.1) is 17.7 Å². The van der Waals surface area contributed by atoms with E-state index >= 15 is 0 Å². The summed E-state index contributed by atoms with van der Waals surface area (Å²) in [5.41, 5.74) is -3.01. The van der Waals surface area contributed by atoms with Crippen molar-refractivity contribution < 1.29 is 35.9 Å². The van der Waals surface area contributed by atoms with Gasteiger partial charge in [0.1, 0.15) is 0 Å². The number of benzene rings is 1. The molecular weight excluding hydrogens is 426 g/mol. The van der Waals surface area contributed by atoms with E-state index in [2.05, 4.69) is 5.32 Å². The standard InChI is InChI=1S/C21H28F6N2O2/c1-5-17-9-16(11-29(17)18(30)31-12-19(2,3)4)28-10-13-6-14(20(22,23)24)8-15(7-13)21(25,26)27/h6-8,16-17,28H,5,9-12H2,1-4H3/t16-,17+/m0/s1. The molecule has 2 atom stereocenters. The van der Waals surface area contributed by atoms with E-state index in [0.29, 0.717) is 25.0 Å². The molecule has 4 nitrogen and oxygen atoms in total.